The highest BCUT2D eigenvalue weighted by molar-refractivity contribution is 7.09. The van der Waals surface area contributed by atoms with E-state index in [4.69, 9.17) is 0 Å². The monoisotopic (exact) mass is 274 g/mol. The lowest BCUT2D eigenvalue weighted by atomic mass is 10.0. The number of hydrogen-bond donors (Lipinski definition) is 1. The highest BCUT2D eigenvalue weighted by atomic mass is 32.1. The third-order valence-corrected chi connectivity index (χ3v) is 4.08. The molecular weight excluding hydrogens is 252 g/mol. The van der Waals surface area contributed by atoms with Gasteiger partial charge >= 0.3 is 0 Å². The Kier molecular flexibility index (Phi) is 6.05. The molecule has 1 N–H and O–H groups in total. The molecule has 0 aliphatic heterocycles. The summed E-state index contributed by atoms with van der Waals surface area (Å²) >= 11 is 1.71. The highest BCUT2D eigenvalue weighted by Crippen LogP contribution is 2.20. The van der Waals surface area contributed by atoms with Gasteiger partial charge in [0.1, 0.15) is 0 Å². The Morgan fingerprint density at radius 2 is 2.05 bits per heavy atom. The zero-order chi connectivity index (χ0) is 13.3. The van der Waals surface area contributed by atoms with Gasteiger partial charge < -0.3 is 5.32 Å². The molecule has 19 heavy (non-hydrogen) atoms. The Balaban J connectivity index is 1.93. The summed E-state index contributed by atoms with van der Waals surface area (Å²) in [5.41, 5.74) is 3.29. The van der Waals surface area contributed by atoms with Crippen molar-refractivity contribution in [1.29, 1.82) is 0 Å². The molecule has 2 nitrogen and oxygen atoms in total. The van der Waals surface area contributed by atoms with Gasteiger partial charge in [0, 0.05) is 23.7 Å². The predicted octanol–water partition coefficient (Wildman–Crippen LogP) is 4.55. The first kappa shape index (κ1) is 14.2. The molecule has 0 fully saturated rings. The van der Waals surface area contributed by atoms with E-state index in [1.807, 2.05) is 11.7 Å². The van der Waals surface area contributed by atoms with Crippen LogP contribution in [0.4, 0.5) is 0 Å². The van der Waals surface area contributed by atoms with Crippen molar-refractivity contribution in [3.63, 3.8) is 0 Å². The standard InChI is InChI=1S/C16H22N2S/c1-2-3-5-10-16(14-8-6-4-7-9-14)18-12-15-11-17-13-19-15/h4,6-9,11,13,16,18H,2-3,5,10,12H2,1H3. The van der Waals surface area contributed by atoms with Crippen molar-refractivity contribution >= 4 is 11.3 Å². The lowest BCUT2D eigenvalue weighted by Crippen LogP contribution is -2.20. The molecule has 1 unspecified atom stereocenters. The predicted molar refractivity (Wildman–Crippen MR) is 82.3 cm³/mol. The molecule has 0 amide bonds. The van der Waals surface area contributed by atoms with Crippen molar-refractivity contribution in [2.24, 2.45) is 0 Å². The van der Waals surface area contributed by atoms with E-state index in [-0.39, 0.29) is 0 Å². The van der Waals surface area contributed by atoms with E-state index in [2.05, 4.69) is 47.6 Å². The molecule has 0 spiro atoms. The zero-order valence-electron chi connectivity index (χ0n) is 11.5. The van der Waals surface area contributed by atoms with Crippen molar-refractivity contribution < 1.29 is 0 Å². The van der Waals surface area contributed by atoms with Crippen LogP contribution < -0.4 is 5.32 Å². The third kappa shape index (κ3) is 4.77. The SMILES string of the molecule is CCCCCC(NCc1cncs1)c1ccccc1. The molecule has 0 saturated heterocycles. The van der Waals surface area contributed by atoms with Crippen LogP contribution in [-0.4, -0.2) is 4.98 Å². The fourth-order valence-corrected chi connectivity index (χ4v) is 2.77. The first-order valence-corrected chi connectivity index (χ1v) is 7.94. The Hall–Kier alpha value is -1.19. The second kappa shape index (κ2) is 8.08. The largest absolute Gasteiger partial charge is 0.305 e. The number of benzene rings is 1. The van der Waals surface area contributed by atoms with Gasteiger partial charge in [-0.25, -0.2) is 0 Å². The fraction of sp³-hybridized carbons (Fsp3) is 0.438. The lowest BCUT2D eigenvalue weighted by molar-refractivity contribution is 0.475. The summed E-state index contributed by atoms with van der Waals surface area (Å²) in [7, 11) is 0. The minimum Gasteiger partial charge on any atom is -0.305 e. The van der Waals surface area contributed by atoms with Crippen LogP contribution in [0, 0.1) is 0 Å². The first-order chi connectivity index (χ1) is 9.40. The maximum Gasteiger partial charge on any atom is 0.0794 e. The van der Waals surface area contributed by atoms with E-state index in [0.29, 0.717) is 6.04 Å². The van der Waals surface area contributed by atoms with Gasteiger partial charge in [-0.3, -0.25) is 4.98 Å². The van der Waals surface area contributed by atoms with Gasteiger partial charge in [-0.1, -0.05) is 56.5 Å². The zero-order valence-corrected chi connectivity index (χ0v) is 12.3. The molecule has 2 aromatic rings. The van der Waals surface area contributed by atoms with Crippen LogP contribution in [0.15, 0.2) is 42.0 Å². The summed E-state index contributed by atoms with van der Waals surface area (Å²) in [6.45, 7) is 3.17. The third-order valence-electron chi connectivity index (χ3n) is 3.30. The van der Waals surface area contributed by atoms with Crippen LogP contribution in [-0.2, 0) is 6.54 Å². The quantitative estimate of drug-likeness (QED) is 0.714. The van der Waals surface area contributed by atoms with Crippen molar-refractivity contribution in [2.45, 2.75) is 45.2 Å². The minimum absolute atomic E-state index is 0.454. The average molecular weight is 274 g/mol. The smallest absolute Gasteiger partial charge is 0.0794 e. The van der Waals surface area contributed by atoms with E-state index in [1.54, 1.807) is 11.3 Å². The number of nitrogens with one attached hydrogen (secondary N) is 1. The van der Waals surface area contributed by atoms with Gasteiger partial charge in [-0.05, 0) is 12.0 Å². The Morgan fingerprint density at radius 3 is 2.74 bits per heavy atom. The van der Waals surface area contributed by atoms with Crippen LogP contribution in [0.3, 0.4) is 0 Å². The van der Waals surface area contributed by atoms with Crippen molar-refractivity contribution in [2.75, 3.05) is 0 Å². The number of unbranched alkanes of at least 4 members (excludes halogenated alkanes) is 2. The molecule has 0 aliphatic carbocycles. The van der Waals surface area contributed by atoms with E-state index in [0.717, 1.165) is 6.54 Å². The van der Waals surface area contributed by atoms with Crippen LogP contribution in [0.25, 0.3) is 0 Å². The van der Waals surface area contributed by atoms with E-state index >= 15 is 0 Å². The summed E-state index contributed by atoms with van der Waals surface area (Å²) < 4.78 is 0. The molecule has 2 rings (SSSR count). The van der Waals surface area contributed by atoms with Crippen molar-refractivity contribution in [3.8, 4) is 0 Å². The molecule has 0 saturated carbocycles. The number of aromatic nitrogens is 1. The summed E-state index contributed by atoms with van der Waals surface area (Å²) in [4.78, 5) is 5.43. The summed E-state index contributed by atoms with van der Waals surface area (Å²) in [6.07, 6.45) is 7.02. The molecule has 0 bridgehead atoms. The van der Waals surface area contributed by atoms with Gasteiger partial charge in [0.05, 0.1) is 5.51 Å². The van der Waals surface area contributed by atoms with Crippen LogP contribution >= 0.6 is 11.3 Å². The van der Waals surface area contributed by atoms with Gasteiger partial charge in [-0.15, -0.1) is 11.3 Å². The van der Waals surface area contributed by atoms with Crippen molar-refractivity contribution in [1.82, 2.24) is 10.3 Å². The minimum atomic E-state index is 0.454. The van der Waals surface area contributed by atoms with Crippen LogP contribution in [0.2, 0.25) is 0 Å². The van der Waals surface area contributed by atoms with Crippen LogP contribution in [0.5, 0.6) is 0 Å². The normalized spacial score (nSPS) is 12.5. The maximum atomic E-state index is 4.13. The Labute approximate surface area is 119 Å². The van der Waals surface area contributed by atoms with E-state index < -0.39 is 0 Å². The first-order valence-electron chi connectivity index (χ1n) is 7.06. The second-order valence-electron chi connectivity index (χ2n) is 4.81. The lowest BCUT2D eigenvalue weighted by Gasteiger charge is -2.18. The molecule has 0 radical (unpaired) electrons. The highest BCUT2D eigenvalue weighted by Gasteiger charge is 2.10. The molecule has 102 valence electrons. The van der Waals surface area contributed by atoms with Crippen LogP contribution in [0.1, 0.15) is 49.1 Å². The van der Waals surface area contributed by atoms with E-state index in [9.17, 15) is 0 Å². The molecule has 1 atom stereocenters. The molecule has 1 aromatic heterocycles. The maximum absolute atomic E-state index is 4.13. The number of thiazole rings is 1. The molecule has 3 heteroatoms. The molecule has 1 heterocycles. The summed E-state index contributed by atoms with van der Waals surface area (Å²) in [6, 6.07) is 11.2. The van der Waals surface area contributed by atoms with E-state index in [1.165, 1.54) is 36.1 Å². The van der Waals surface area contributed by atoms with Gasteiger partial charge in [0.15, 0.2) is 0 Å². The molecule has 0 aliphatic rings. The second-order valence-corrected chi connectivity index (χ2v) is 5.78. The molecular formula is C16H22N2S. The van der Waals surface area contributed by atoms with Gasteiger partial charge in [-0.2, -0.15) is 0 Å². The molecule has 1 aromatic carbocycles. The number of rotatable bonds is 8. The van der Waals surface area contributed by atoms with Gasteiger partial charge in [0.25, 0.3) is 0 Å². The number of nitrogens with zero attached hydrogens (tertiary/aromatic N) is 1. The Bertz CT molecular complexity index is 439. The average Bonchev–Trinajstić information content (AvgIpc) is 2.97. The summed E-state index contributed by atoms with van der Waals surface area (Å²) in [5, 5.41) is 3.67. The summed E-state index contributed by atoms with van der Waals surface area (Å²) in [5.74, 6) is 0. The number of hydrogen-bond acceptors (Lipinski definition) is 3. The fourth-order valence-electron chi connectivity index (χ4n) is 2.22. The van der Waals surface area contributed by atoms with Gasteiger partial charge in [0.2, 0.25) is 0 Å². The Morgan fingerprint density at radius 1 is 1.21 bits per heavy atom. The van der Waals surface area contributed by atoms with Crippen molar-refractivity contribution in [3.05, 3.63) is 52.5 Å². The topological polar surface area (TPSA) is 24.9 Å².